The first-order chi connectivity index (χ1) is 12.1. The van der Waals surface area contributed by atoms with Crippen LogP contribution in [0.1, 0.15) is 27.2 Å². The molecule has 126 valence electrons. The zero-order chi connectivity index (χ0) is 17.6. The van der Waals surface area contributed by atoms with Crippen LogP contribution in [0.2, 0.25) is 5.02 Å². The van der Waals surface area contributed by atoms with Crippen LogP contribution in [-0.4, -0.2) is 18.1 Å². The number of carbonyl (C=O) groups is 1. The molecular weight excluding hydrogens is 334 g/mol. The number of aromatic nitrogens is 1. The Balaban J connectivity index is 2.01. The van der Waals surface area contributed by atoms with Crippen LogP contribution >= 0.6 is 11.6 Å². The van der Waals surface area contributed by atoms with Gasteiger partial charge in [-0.25, -0.2) is 4.79 Å². The van der Waals surface area contributed by atoms with Gasteiger partial charge in [-0.1, -0.05) is 41.9 Å². The molecular formula is C21H18ClNO2. The smallest absolute Gasteiger partial charge is 0.355 e. The third-order valence-corrected chi connectivity index (χ3v) is 4.97. The van der Waals surface area contributed by atoms with Gasteiger partial charge >= 0.3 is 5.97 Å². The molecule has 1 N–H and O–H groups in total. The second kappa shape index (κ2) is 6.08. The third kappa shape index (κ3) is 2.65. The number of esters is 1. The van der Waals surface area contributed by atoms with E-state index in [1.54, 1.807) is 0 Å². The molecule has 4 rings (SSSR count). The van der Waals surface area contributed by atoms with Crippen molar-refractivity contribution < 1.29 is 9.53 Å². The van der Waals surface area contributed by atoms with Gasteiger partial charge in [0.15, 0.2) is 0 Å². The Hall–Kier alpha value is -2.52. The topological polar surface area (TPSA) is 42.1 Å². The highest BCUT2D eigenvalue weighted by Gasteiger charge is 2.28. The van der Waals surface area contributed by atoms with Crippen molar-refractivity contribution in [1.82, 2.24) is 4.98 Å². The number of ether oxygens (including phenoxy) is 1. The number of methoxy groups -OCH3 is 1. The molecule has 2 aromatic carbocycles. The van der Waals surface area contributed by atoms with Crippen LogP contribution in [0.3, 0.4) is 0 Å². The minimum atomic E-state index is -0.362. The number of H-pyrrole nitrogens is 1. The van der Waals surface area contributed by atoms with Crippen LogP contribution in [-0.2, 0) is 17.6 Å². The van der Waals surface area contributed by atoms with Crippen LogP contribution in [0.5, 0.6) is 0 Å². The number of fused-ring (bicyclic) bond motifs is 3. The van der Waals surface area contributed by atoms with Crippen molar-refractivity contribution in [3.63, 3.8) is 0 Å². The molecule has 0 spiro atoms. The first kappa shape index (κ1) is 16.0. The van der Waals surface area contributed by atoms with Gasteiger partial charge in [0.2, 0.25) is 0 Å². The number of aryl methyl sites for hydroxylation is 2. The summed E-state index contributed by atoms with van der Waals surface area (Å²) >= 11 is 6.27. The zero-order valence-corrected chi connectivity index (χ0v) is 14.9. The van der Waals surface area contributed by atoms with Gasteiger partial charge in [0.25, 0.3) is 0 Å². The third-order valence-electron chi connectivity index (χ3n) is 4.75. The van der Waals surface area contributed by atoms with Crippen molar-refractivity contribution in [2.75, 3.05) is 7.11 Å². The Labute approximate surface area is 151 Å². The van der Waals surface area contributed by atoms with E-state index in [4.69, 9.17) is 16.3 Å². The van der Waals surface area contributed by atoms with Crippen molar-refractivity contribution in [2.24, 2.45) is 0 Å². The summed E-state index contributed by atoms with van der Waals surface area (Å²) in [5.41, 5.74) is 8.01. The van der Waals surface area contributed by atoms with E-state index in [1.807, 2.05) is 25.1 Å². The highest BCUT2D eigenvalue weighted by molar-refractivity contribution is 6.31. The van der Waals surface area contributed by atoms with Crippen molar-refractivity contribution in [3.05, 3.63) is 69.9 Å². The Bertz CT molecular complexity index is 967. The summed E-state index contributed by atoms with van der Waals surface area (Å²) in [7, 11) is 1.41. The normalized spacial score (nSPS) is 12.4. The number of hydrogen-bond donors (Lipinski definition) is 1. The molecule has 0 saturated heterocycles. The SMILES string of the molecule is COC(=O)c1[nH]c2c(c1-c1cc(C)cc(Cl)c1)CCc1ccccc1-2. The molecule has 1 aliphatic carbocycles. The van der Waals surface area contributed by atoms with E-state index in [0.29, 0.717) is 10.7 Å². The number of rotatable bonds is 2. The number of carbonyl (C=O) groups excluding carboxylic acids is 1. The minimum absolute atomic E-state index is 0.362. The van der Waals surface area contributed by atoms with Gasteiger partial charge < -0.3 is 9.72 Å². The summed E-state index contributed by atoms with van der Waals surface area (Å²) in [6.45, 7) is 2.00. The molecule has 1 aliphatic rings. The second-order valence-corrected chi connectivity index (χ2v) is 6.83. The van der Waals surface area contributed by atoms with Gasteiger partial charge in [-0.3, -0.25) is 0 Å². The van der Waals surface area contributed by atoms with Crippen LogP contribution in [0.15, 0.2) is 42.5 Å². The number of hydrogen-bond acceptors (Lipinski definition) is 2. The lowest BCUT2D eigenvalue weighted by atomic mass is 9.86. The Morgan fingerprint density at radius 2 is 1.96 bits per heavy atom. The molecule has 25 heavy (non-hydrogen) atoms. The number of benzene rings is 2. The van der Waals surface area contributed by atoms with Gasteiger partial charge in [-0.05, 0) is 54.2 Å². The van der Waals surface area contributed by atoms with Gasteiger partial charge in [0.1, 0.15) is 5.69 Å². The molecule has 1 aromatic heterocycles. The maximum absolute atomic E-state index is 12.4. The maximum Gasteiger partial charge on any atom is 0.355 e. The summed E-state index contributed by atoms with van der Waals surface area (Å²) in [6.07, 6.45) is 1.83. The fraction of sp³-hybridized carbons (Fsp3) is 0.190. The van der Waals surface area contributed by atoms with Crippen molar-refractivity contribution in [3.8, 4) is 22.4 Å². The molecule has 0 atom stereocenters. The monoisotopic (exact) mass is 351 g/mol. The van der Waals surface area contributed by atoms with Gasteiger partial charge in [-0.2, -0.15) is 0 Å². The lowest BCUT2D eigenvalue weighted by Gasteiger charge is -2.17. The molecule has 0 fully saturated rings. The fourth-order valence-corrected chi connectivity index (χ4v) is 4.00. The molecule has 0 amide bonds. The van der Waals surface area contributed by atoms with E-state index in [9.17, 15) is 4.79 Å². The quantitative estimate of drug-likeness (QED) is 0.645. The van der Waals surface area contributed by atoms with Gasteiger partial charge in [-0.15, -0.1) is 0 Å². The van der Waals surface area contributed by atoms with Crippen LogP contribution in [0, 0.1) is 6.92 Å². The maximum atomic E-state index is 12.4. The molecule has 3 nitrogen and oxygen atoms in total. The predicted molar refractivity (Wildman–Crippen MR) is 100 cm³/mol. The van der Waals surface area contributed by atoms with E-state index < -0.39 is 0 Å². The molecule has 0 radical (unpaired) electrons. The number of nitrogens with one attached hydrogen (secondary N) is 1. The molecule has 0 bridgehead atoms. The van der Waals surface area contributed by atoms with E-state index >= 15 is 0 Å². The number of halogens is 1. The second-order valence-electron chi connectivity index (χ2n) is 6.39. The van der Waals surface area contributed by atoms with E-state index in [1.165, 1.54) is 12.7 Å². The van der Waals surface area contributed by atoms with Crippen molar-refractivity contribution in [1.29, 1.82) is 0 Å². The number of aromatic amines is 1. The Morgan fingerprint density at radius 1 is 1.16 bits per heavy atom. The summed E-state index contributed by atoms with van der Waals surface area (Å²) in [6, 6.07) is 14.2. The molecule has 0 aliphatic heterocycles. The highest BCUT2D eigenvalue weighted by atomic mass is 35.5. The predicted octanol–water partition coefficient (Wildman–Crippen LogP) is 5.20. The van der Waals surface area contributed by atoms with Crippen LogP contribution in [0.4, 0.5) is 0 Å². The average Bonchev–Trinajstić information content (AvgIpc) is 3.00. The van der Waals surface area contributed by atoms with Crippen LogP contribution in [0.25, 0.3) is 22.4 Å². The summed E-state index contributed by atoms with van der Waals surface area (Å²) in [5, 5.41) is 0.664. The molecule has 3 aromatic rings. The van der Waals surface area contributed by atoms with E-state index in [0.717, 1.165) is 46.4 Å². The molecule has 1 heterocycles. The van der Waals surface area contributed by atoms with E-state index in [-0.39, 0.29) is 5.97 Å². The first-order valence-electron chi connectivity index (χ1n) is 8.27. The highest BCUT2D eigenvalue weighted by Crippen LogP contribution is 2.41. The standard InChI is InChI=1S/C21H18ClNO2/c1-12-9-14(11-15(22)10-12)18-17-8-7-13-5-3-4-6-16(13)19(17)23-20(18)21(24)25-2/h3-6,9-11,23H,7-8H2,1-2H3. The summed E-state index contributed by atoms with van der Waals surface area (Å²) in [4.78, 5) is 15.7. The first-order valence-corrected chi connectivity index (χ1v) is 8.65. The fourth-order valence-electron chi connectivity index (χ4n) is 3.71. The van der Waals surface area contributed by atoms with Crippen molar-refractivity contribution in [2.45, 2.75) is 19.8 Å². The minimum Gasteiger partial charge on any atom is -0.464 e. The lowest BCUT2D eigenvalue weighted by molar-refractivity contribution is 0.0596. The lowest BCUT2D eigenvalue weighted by Crippen LogP contribution is -2.04. The Kier molecular flexibility index (Phi) is 3.89. The van der Waals surface area contributed by atoms with Crippen molar-refractivity contribution >= 4 is 17.6 Å². The van der Waals surface area contributed by atoms with Crippen LogP contribution < -0.4 is 0 Å². The molecule has 0 unspecified atom stereocenters. The molecule has 0 saturated carbocycles. The summed E-state index contributed by atoms with van der Waals surface area (Å²) < 4.78 is 5.02. The Morgan fingerprint density at radius 3 is 2.72 bits per heavy atom. The zero-order valence-electron chi connectivity index (χ0n) is 14.2. The van der Waals surface area contributed by atoms with E-state index in [2.05, 4.69) is 29.2 Å². The van der Waals surface area contributed by atoms with Gasteiger partial charge in [0, 0.05) is 16.1 Å². The summed E-state index contributed by atoms with van der Waals surface area (Å²) in [5.74, 6) is -0.362. The largest absolute Gasteiger partial charge is 0.464 e. The van der Waals surface area contributed by atoms with Gasteiger partial charge in [0.05, 0.1) is 12.8 Å². The molecule has 4 heteroatoms. The average molecular weight is 352 g/mol.